The molecule has 2 heterocycles. The lowest BCUT2D eigenvalue weighted by Gasteiger charge is -2.42. The molecule has 0 spiro atoms. The van der Waals surface area contributed by atoms with Crippen LogP contribution in [0, 0.1) is 0 Å². The van der Waals surface area contributed by atoms with Gasteiger partial charge in [-0.1, -0.05) is 0 Å². The van der Waals surface area contributed by atoms with E-state index in [1.807, 2.05) is 0 Å². The van der Waals surface area contributed by atoms with Crippen LogP contribution in [0.5, 0.6) is 0 Å². The molecule has 0 aromatic rings. The lowest BCUT2D eigenvalue weighted by atomic mass is 10.1. The van der Waals surface area contributed by atoms with Gasteiger partial charge in [-0.15, -0.1) is 11.8 Å². The Kier molecular flexibility index (Phi) is 2.18. The molecule has 0 aromatic carbocycles. The van der Waals surface area contributed by atoms with E-state index >= 15 is 0 Å². The summed E-state index contributed by atoms with van der Waals surface area (Å²) in [5.41, 5.74) is 8.46. The fourth-order valence-electron chi connectivity index (χ4n) is 1.34. The number of carbonyl (C=O) groups excluding carboxylic acids is 2. The van der Waals surface area contributed by atoms with Crippen molar-refractivity contribution in [3.63, 3.8) is 0 Å². The van der Waals surface area contributed by atoms with Gasteiger partial charge in [-0.25, -0.2) is 0 Å². The molecule has 1 fully saturated rings. The van der Waals surface area contributed by atoms with Crippen molar-refractivity contribution in [2.45, 2.75) is 11.8 Å². The van der Waals surface area contributed by atoms with E-state index < -0.39 is 5.91 Å². The lowest BCUT2D eigenvalue weighted by molar-refractivity contribution is -0.141. The minimum atomic E-state index is -0.599. The molecule has 2 aliphatic rings. The van der Waals surface area contributed by atoms with Gasteiger partial charge >= 0.3 is 0 Å². The van der Waals surface area contributed by atoms with E-state index in [0.29, 0.717) is 12.0 Å². The van der Waals surface area contributed by atoms with Crippen LogP contribution < -0.4 is 0 Å². The van der Waals surface area contributed by atoms with Gasteiger partial charge in [0, 0.05) is 10.5 Å². The minimum Gasteiger partial charge on any atom is -0.325 e. The zero-order valence-electron chi connectivity index (χ0n) is 7.08. The Balaban J connectivity index is 2.12. The molecule has 0 radical (unpaired) electrons. The SMILES string of the molecule is [N-]=[N+]=NC(=O)C1=CS[C@@H]2CC(=O)N2C1. The summed E-state index contributed by atoms with van der Waals surface area (Å²) in [4.78, 5) is 26.2. The zero-order valence-corrected chi connectivity index (χ0v) is 7.90. The zero-order chi connectivity index (χ0) is 10.1. The van der Waals surface area contributed by atoms with Crippen LogP contribution in [0.3, 0.4) is 0 Å². The molecular weight excluding hydrogens is 204 g/mol. The average molecular weight is 210 g/mol. The first-order valence-electron chi connectivity index (χ1n) is 3.96. The Hall–Kier alpha value is -1.46. The quantitative estimate of drug-likeness (QED) is 0.280. The third kappa shape index (κ3) is 1.36. The topological polar surface area (TPSA) is 86.1 Å². The Morgan fingerprint density at radius 1 is 1.79 bits per heavy atom. The first kappa shape index (κ1) is 9.11. The molecule has 0 unspecified atom stereocenters. The summed E-state index contributed by atoms with van der Waals surface area (Å²) in [6, 6.07) is 0. The summed E-state index contributed by atoms with van der Waals surface area (Å²) in [6.45, 7) is 0.272. The molecule has 14 heavy (non-hydrogen) atoms. The van der Waals surface area contributed by atoms with E-state index in [1.54, 1.807) is 10.3 Å². The lowest BCUT2D eigenvalue weighted by Crippen LogP contribution is -2.53. The third-order valence-electron chi connectivity index (χ3n) is 2.14. The second-order valence-corrected chi connectivity index (χ2v) is 4.01. The molecule has 2 aliphatic heterocycles. The van der Waals surface area contributed by atoms with Crippen LogP contribution in [-0.4, -0.2) is 28.6 Å². The molecule has 72 valence electrons. The normalized spacial score (nSPS) is 24.3. The predicted octanol–water partition coefficient (Wildman–Crippen LogP) is 1.01. The largest absolute Gasteiger partial charge is 0.325 e. The molecular formula is C7H6N4O2S. The summed E-state index contributed by atoms with van der Waals surface area (Å²) in [7, 11) is 0. The molecule has 7 heteroatoms. The molecule has 1 saturated heterocycles. The van der Waals surface area contributed by atoms with Gasteiger partial charge in [-0.2, -0.15) is 0 Å². The highest BCUT2D eigenvalue weighted by molar-refractivity contribution is 8.02. The maximum atomic E-state index is 11.1. The summed E-state index contributed by atoms with van der Waals surface area (Å²) in [5, 5.41) is 4.82. The molecule has 2 rings (SSSR count). The molecule has 0 aromatic heterocycles. The van der Waals surface area contributed by atoms with Crippen LogP contribution in [0.25, 0.3) is 10.4 Å². The van der Waals surface area contributed by atoms with E-state index in [1.165, 1.54) is 11.8 Å². The first-order valence-corrected chi connectivity index (χ1v) is 4.90. The van der Waals surface area contributed by atoms with Crippen LogP contribution in [0.2, 0.25) is 0 Å². The highest BCUT2D eigenvalue weighted by Crippen LogP contribution is 2.35. The van der Waals surface area contributed by atoms with Gasteiger partial charge in [-0.05, 0) is 16.1 Å². The van der Waals surface area contributed by atoms with Crippen molar-refractivity contribution in [2.24, 2.45) is 5.11 Å². The van der Waals surface area contributed by atoms with Crippen molar-refractivity contribution in [2.75, 3.05) is 6.54 Å². The summed E-state index contributed by atoms with van der Waals surface area (Å²) in [5.74, 6) is -0.556. The van der Waals surface area contributed by atoms with Crippen molar-refractivity contribution in [1.29, 1.82) is 0 Å². The van der Waals surface area contributed by atoms with Gasteiger partial charge in [0.1, 0.15) is 0 Å². The summed E-state index contributed by atoms with van der Waals surface area (Å²) >= 11 is 1.42. The van der Waals surface area contributed by atoms with Gasteiger partial charge in [0.25, 0.3) is 0 Å². The van der Waals surface area contributed by atoms with Crippen molar-refractivity contribution in [3.05, 3.63) is 21.4 Å². The van der Waals surface area contributed by atoms with E-state index in [2.05, 4.69) is 10.0 Å². The van der Waals surface area contributed by atoms with Gasteiger partial charge in [0.2, 0.25) is 11.8 Å². The van der Waals surface area contributed by atoms with Crippen molar-refractivity contribution < 1.29 is 9.59 Å². The van der Waals surface area contributed by atoms with E-state index in [-0.39, 0.29) is 17.8 Å². The summed E-state index contributed by atoms with van der Waals surface area (Å²) < 4.78 is 0. The standard InChI is InChI=1S/C7H6N4O2S/c8-10-9-7(13)4-2-11-5(12)1-6(11)14-3-4/h3,6H,1-2H2/t6-/m1/s1. The smallest absolute Gasteiger partial charge is 0.247 e. The average Bonchev–Trinajstić information content (AvgIpc) is 2.17. The number of β-lactam (4-membered cyclic amide) rings is 1. The maximum absolute atomic E-state index is 11.1. The fraction of sp³-hybridized carbons (Fsp3) is 0.429. The number of nitrogens with zero attached hydrogens (tertiary/aromatic N) is 4. The number of carbonyl (C=O) groups is 2. The molecule has 0 saturated carbocycles. The van der Waals surface area contributed by atoms with Gasteiger partial charge in [-0.3, -0.25) is 9.59 Å². The fourth-order valence-corrected chi connectivity index (χ4v) is 2.42. The van der Waals surface area contributed by atoms with Crippen molar-refractivity contribution >= 4 is 23.6 Å². The number of amides is 2. The second kappa shape index (κ2) is 3.36. The molecule has 2 amide bonds. The number of azide groups is 1. The number of fused-ring (bicyclic) bond motifs is 1. The minimum absolute atomic E-state index is 0.0434. The van der Waals surface area contributed by atoms with Gasteiger partial charge in [0.05, 0.1) is 18.3 Å². The molecule has 0 aliphatic carbocycles. The highest BCUT2D eigenvalue weighted by atomic mass is 32.2. The van der Waals surface area contributed by atoms with Crippen LogP contribution in [0.1, 0.15) is 6.42 Å². The maximum Gasteiger partial charge on any atom is 0.247 e. The summed E-state index contributed by atoms with van der Waals surface area (Å²) in [6.07, 6.45) is 0.532. The molecule has 0 N–H and O–H groups in total. The van der Waals surface area contributed by atoms with Gasteiger partial charge < -0.3 is 4.90 Å². The van der Waals surface area contributed by atoms with E-state index in [0.717, 1.165) is 0 Å². The van der Waals surface area contributed by atoms with E-state index in [9.17, 15) is 9.59 Å². The molecule has 6 nitrogen and oxygen atoms in total. The monoisotopic (exact) mass is 210 g/mol. The highest BCUT2D eigenvalue weighted by Gasteiger charge is 2.39. The molecule has 0 bridgehead atoms. The first-order chi connectivity index (χ1) is 6.72. The number of hydrogen-bond acceptors (Lipinski definition) is 3. The second-order valence-electron chi connectivity index (χ2n) is 2.95. The Morgan fingerprint density at radius 2 is 2.57 bits per heavy atom. The van der Waals surface area contributed by atoms with Crippen LogP contribution in [0.4, 0.5) is 0 Å². The Bertz CT molecular complexity index is 385. The van der Waals surface area contributed by atoms with Crippen LogP contribution >= 0.6 is 11.8 Å². The molecule has 1 atom stereocenters. The number of hydrogen-bond donors (Lipinski definition) is 0. The van der Waals surface area contributed by atoms with Crippen molar-refractivity contribution in [1.82, 2.24) is 4.90 Å². The van der Waals surface area contributed by atoms with Crippen molar-refractivity contribution in [3.8, 4) is 0 Å². The van der Waals surface area contributed by atoms with Crippen LogP contribution in [0.15, 0.2) is 16.1 Å². The predicted molar refractivity (Wildman–Crippen MR) is 49.9 cm³/mol. The third-order valence-corrected chi connectivity index (χ3v) is 3.29. The number of thioether (sulfide) groups is 1. The van der Waals surface area contributed by atoms with Crippen LogP contribution in [-0.2, 0) is 9.59 Å². The van der Waals surface area contributed by atoms with E-state index in [4.69, 9.17) is 5.53 Å². The number of rotatable bonds is 1. The Morgan fingerprint density at radius 3 is 3.21 bits per heavy atom. The Labute approximate surface area is 83.6 Å². The van der Waals surface area contributed by atoms with Gasteiger partial charge in [0.15, 0.2) is 0 Å².